The second kappa shape index (κ2) is 4.81. The average molecular weight is 304 g/mol. The van der Waals surface area contributed by atoms with E-state index in [2.05, 4.69) is 5.10 Å². The lowest BCUT2D eigenvalue weighted by Crippen LogP contribution is -2.78. The fourth-order valence-electron chi connectivity index (χ4n) is 3.68. The molecule has 0 N–H and O–H groups in total. The summed E-state index contributed by atoms with van der Waals surface area (Å²) < 4.78 is 6.92. The molecule has 1 aromatic rings. The molecule has 3 aliphatic heterocycles. The van der Waals surface area contributed by atoms with E-state index in [1.807, 2.05) is 9.80 Å². The summed E-state index contributed by atoms with van der Waals surface area (Å²) in [7, 11) is 1.80. The fraction of sp³-hybridized carbons (Fsp3) is 0.667. The van der Waals surface area contributed by atoms with E-state index in [1.165, 1.54) is 0 Å². The zero-order valence-electron chi connectivity index (χ0n) is 12.7. The molecule has 0 radical (unpaired) electrons. The quantitative estimate of drug-likeness (QED) is 0.764. The van der Waals surface area contributed by atoms with Gasteiger partial charge in [-0.25, -0.2) is 0 Å². The van der Waals surface area contributed by atoms with Crippen LogP contribution in [-0.4, -0.2) is 69.8 Å². The Labute approximate surface area is 128 Å². The van der Waals surface area contributed by atoms with Crippen molar-refractivity contribution >= 4 is 11.8 Å². The summed E-state index contributed by atoms with van der Waals surface area (Å²) in [5.74, 6) is 0.222. The molecule has 1 spiro atoms. The van der Waals surface area contributed by atoms with Gasteiger partial charge < -0.3 is 14.5 Å². The van der Waals surface area contributed by atoms with Crippen molar-refractivity contribution in [1.29, 1.82) is 0 Å². The number of rotatable bonds is 2. The summed E-state index contributed by atoms with van der Waals surface area (Å²) in [6.45, 7) is 3.31. The minimum atomic E-state index is -0.137. The first-order valence-corrected chi connectivity index (χ1v) is 7.76. The van der Waals surface area contributed by atoms with Crippen molar-refractivity contribution in [1.82, 2.24) is 19.6 Å². The second-order valence-corrected chi connectivity index (χ2v) is 6.59. The van der Waals surface area contributed by atoms with Crippen molar-refractivity contribution in [3.05, 3.63) is 18.0 Å². The van der Waals surface area contributed by atoms with Crippen LogP contribution in [0.4, 0.5) is 0 Å². The van der Waals surface area contributed by atoms with Gasteiger partial charge in [-0.05, 0) is 12.8 Å². The molecule has 0 aromatic carbocycles. The predicted molar refractivity (Wildman–Crippen MR) is 77.1 cm³/mol. The highest BCUT2D eigenvalue weighted by Gasteiger charge is 2.57. The third-order valence-corrected chi connectivity index (χ3v) is 5.13. The van der Waals surface area contributed by atoms with E-state index in [1.54, 1.807) is 24.1 Å². The highest BCUT2D eigenvalue weighted by atomic mass is 16.5. The number of nitrogens with zero attached hydrogens (tertiary/aromatic N) is 4. The summed E-state index contributed by atoms with van der Waals surface area (Å²) in [6.07, 6.45) is 5.14. The van der Waals surface area contributed by atoms with E-state index in [0.29, 0.717) is 31.9 Å². The summed E-state index contributed by atoms with van der Waals surface area (Å²) in [5.41, 5.74) is 0.484. The molecule has 1 aromatic heterocycles. The number of ether oxygens (including phenoxy) is 1. The Morgan fingerprint density at radius 2 is 2.23 bits per heavy atom. The van der Waals surface area contributed by atoms with Crippen LogP contribution < -0.4 is 0 Å². The first-order chi connectivity index (χ1) is 10.6. The highest BCUT2D eigenvalue weighted by molar-refractivity contribution is 5.95. The summed E-state index contributed by atoms with van der Waals surface area (Å²) >= 11 is 0. The van der Waals surface area contributed by atoms with Crippen LogP contribution in [0.25, 0.3) is 0 Å². The van der Waals surface area contributed by atoms with Crippen LogP contribution in [0.1, 0.15) is 23.2 Å². The van der Waals surface area contributed by atoms with E-state index >= 15 is 0 Å². The van der Waals surface area contributed by atoms with Crippen molar-refractivity contribution in [2.45, 2.75) is 18.4 Å². The number of aryl methyl sites for hydroxylation is 1. The van der Waals surface area contributed by atoms with Crippen molar-refractivity contribution in [3.8, 4) is 0 Å². The third-order valence-electron chi connectivity index (χ3n) is 5.13. The molecule has 0 saturated carbocycles. The maximum atomic E-state index is 12.5. The van der Waals surface area contributed by atoms with Crippen molar-refractivity contribution in [2.24, 2.45) is 13.0 Å². The lowest BCUT2D eigenvalue weighted by atomic mass is 9.76. The number of hydrogen-bond donors (Lipinski definition) is 0. The topological polar surface area (TPSA) is 67.7 Å². The Bertz CT molecular complexity index is 614. The smallest absolute Gasteiger partial charge is 0.257 e. The van der Waals surface area contributed by atoms with Gasteiger partial charge in [0.1, 0.15) is 0 Å². The van der Waals surface area contributed by atoms with Crippen molar-refractivity contribution in [3.63, 3.8) is 0 Å². The van der Waals surface area contributed by atoms with E-state index in [4.69, 9.17) is 4.74 Å². The third kappa shape index (κ3) is 1.95. The Morgan fingerprint density at radius 1 is 1.41 bits per heavy atom. The first kappa shape index (κ1) is 13.8. The number of amides is 2. The zero-order valence-corrected chi connectivity index (χ0v) is 12.7. The summed E-state index contributed by atoms with van der Waals surface area (Å²) in [6, 6.07) is 0. The van der Waals surface area contributed by atoms with Gasteiger partial charge in [-0.3, -0.25) is 14.3 Å². The fourth-order valence-corrected chi connectivity index (χ4v) is 3.68. The molecule has 2 amide bonds. The van der Waals surface area contributed by atoms with Crippen LogP contribution in [0.3, 0.4) is 0 Å². The SMILES string of the molecule is Cn1cc(C(=O)N2CCC23CN(C(=O)C2CCOC2)C3)cn1. The highest BCUT2D eigenvalue weighted by Crippen LogP contribution is 2.41. The van der Waals surface area contributed by atoms with Gasteiger partial charge in [-0.1, -0.05) is 0 Å². The number of carbonyl (C=O) groups excluding carboxylic acids is 2. The van der Waals surface area contributed by atoms with Crippen molar-refractivity contribution < 1.29 is 14.3 Å². The van der Waals surface area contributed by atoms with E-state index in [9.17, 15) is 9.59 Å². The molecule has 0 bridgehead atoms. The Kier molecular flexibility index (Phi) is 3.00. The minimum absolute atomic E-state index is 0.0138. The van der Waals surface area contributed by atoms with Crippen LogP contribution >= 0.6 is 0 Å². The Balaban J connectivity index is 1.40. The van der Waals surface area contributed by atoms with Gasteiger partial charge in [0.25, 0.3) is 5.91 Å². The summed E-state index contributed by atoms with van der Waals surface area (Å²) in [5, 5.41) is 4.06. The lowest BCUT2D eigenvalue weighted by Gasteiger charge is -2.62. The van der Waals surface area contributed by atoms with E-state index in [0.717, 1.165) is 19.4 Å². The molecule has 3 saturated heterocycles. The number of likely N-dealkylation sites (tertiary alicyclic amines) is 2. The molecule has 7 nitrogen and oxygen atoms in total. The van der Waals surface area contributed by atoms with Crippen LogP contribution in [0.2, 0.25) is 0 Å². The van der Waals surface area contributed by atoms with Crippen molar-refractivity contribution in [2.75, 3.05) is 32.8 Å². The van der Waals surface area contributed by atoms with Gasteiger partial charge in [-0.2, -0.15) is 5.10 Å². The largest absolute Gasteiger partial charge is 0.381 e. The normalized spacial score (nSPS) is 26.0. The van der Waals surface area contributed by atoms with E-state index < -0.39 is 0 Å². The number of carbonyl (C=O) groups is 2. The van der Waals surface area contributed by atoms with Gasteiger partial charge in [0.15, 0.2) is 0 Å². The zero-order chi connectivity index (χ0) is 15.3. The summed E-state index contributed by atoms with van der Waals surface area (Å²) in [4.78, 5) is 28.6. The molecule has 22 heavy (non-hydrogen) atoms. The number of aromatic nitrogens is 2. The molecule has 1 atom stereocenters. The second-order valence-electron chi connectivity index (χ2n) is 6.59. The molecule has 3 fully saturated rings. The van der Waals surface area contributed by atoms with Gasteiger partial charge in [0.05, 0.1) is 29.8 Å². The number of hydrogen-bond acceptors (Lipinski definition) is 4. The first-order valence-electron chi connectivity index (χ1n) is 7.76. The van der Waals surface area contributed by atoms with Gasteiger partial charge >= 0.3 is 0 Å². The predicted octanol–water partition coefficient (Wildman–Crippen LogP) is -0.116. The van der Waals surface area contributed by atoms with Crippen LogP contribution in [0.15, 0.2) is 12.4 Å². The molecule has 3 aliphatic rings. The maximum Gasteiger partial charge on any atom is 0.257 e. The minimum Gasteiger partial charge on any atom is -0.381 e. The molecule has 4 heterocycles. The van der Waals surface area contributed by atoms with Crippen LogP contribution in [0.5, 0.6) is 0 Å². The van der Waals surface area contributed by atoms with Crippen LogP contribution in [-0.2, 0) is 16.6 Å². The Morgan fingerprint density at radius 3 is 2.77 bits per heavy atom. The maximum absolute atomic E-state index is 12.5. The van der Waals surface area contributed by atoms with Gasteiger partial charge in [0, 0.05) is 39.5 Å². The van der Waals surface area contributed by atoms with E-state index in [-0.39, 0.29) is 23.3 Å². The van der Waals surface area contributed by atoms with Gasteiger partial charge in [0.2, 0.25) is 5.91 Å². The molecular weight excluding hydrogens is 284 g/mol. The lowest BCUT2D eigenvalue weighted by molar-refractivity contribution is -0.158. The molecule has 118 valence electrons. The molecule has 4 rings (SSSR count). The monoisotopic (exact) mass is 304 g/mol. The van der Waals surface area contributed by atoms with Crippen LogP contribution in [0, 0.1) is 5.92 Å². The Hall–Kier alpha value is -1.89. The molecule has 0 aliphatic carbocycles. The molecule has 1 unspecified atom stereocenters. The molecule has 7 heteroatoms. The van der Waals surface area contributed by atoms with Gasteiger partial charge in [-0.15, -0.1) is 0 Å². The standard InChI is InChI=1S/C15H20N4O3/c1-17-7-12(6-16-17)14(21)19-4-3-15(19)9-18(10-15)13(20)11-2-5-22-8-11/h6-7,11H,2-5,8-10H2,1H3. The molecular formula is C15H20N4O3. The average Bonchev–Trinajstić information content (AvgIpc) is 3.06.